The van der Waals surface area contributed by atoms with E-state index in [1.807, 2.05) is 31.2 Å². The third-order valence-electron chi connectivity index (χ3n) is 2.72. The van der Waals surface area contributed by atoms with Crippen LogP contribution in [0.4, 0.5) is 0 Å². The molecule has 18 heavy (non-hydrogen) atoms. The summed E-state index contributed by atoms with van der Waals surface area (Å²) in [4.78, 5) is 0. The van der Waals surface area contributed by atoms with Gasteiger partial charge in [-0.05, 0) is 49.7 Å². The second kappa shape index (κ2) is 4.92. The van der Waals surface area contributed by atoms with Gasteiger partial charge in [0, 0.05) is 5.56 Å². The molecule has 3 nitrogen and oxygen atoms in total. The van der Waals surface area contributed by atoms with Gasteiger partial charge in [-0.15, -0.1) is 0 Å². The summed E-state index contributed by atoms with van der Waals surface area (Å²) in [5.74, 6) is 1.65. The Morgan fingerprint density at radius 2 is 1.72 bits per heavy atom. The first-order valence-corrected chi connectivity index (χ1v) is 5.76. The molecule has 0 aliphatic carbocycles. The molecule has 0 spiro atoms. The minimum absolute atomic E-state index is 0.0630. The fourth-order valence-corrected chi connectivity index (χ4v) is 1.74. The van der Waals surface area contributed by atoms with Crippen molar-refractivity contribution < 1.29 is 4.74 Å². The van der Waals surface area contributed by atoms with Gasteiger partial charge < -0.3 is 10.5 Å². The van der Waals surface area contributed by atoms with Crippen LogP contribution in [0.25, 0.3) is 0 Å². The highest BCUT2D eigenvalue weighted by atomic mass is 16.5. The Morgan fingerprint density at radius 1 is 1.06 bits per heavy atom. The van der Waals surface area contributed by atoms with Crippen molar-refractivity contribution in [1.29, 1.82) is 5.41 Å². The predicted octanol–water partition coefficient (Wildman–Crippen LogP) is 3.38. The molecule has 0 unspecified atom stereocenters. The summed E-state index contributed by atoms with van der Waals surface area (Å²) in [5.41, 5.74) is 8.41. The number of amidine groups is 1. The van der Waals surface area contributed by atoms with Gasteiger partial charge in [-0.3, -0.25) is 5.41 Å². The van der Waals surface area contributed by atoms with E-state index in [0.29, 0.717) is 5.56 Å². The van der Waals surface area contributed by atoms with E-state index < -0.39 is 0 Å². The van der Waals surface area contributed by atoms with Crippen molar-refractivity contribution in [2.45, 2.75) is 13.8 Å². The van der Waals surface area contributed by atoms with Gasteiger partial charge in [0.05, 0.1) is 0 Å². The Bertz CT molecular complexity index is 574. The summed E-state index contributed by atoms with van der Waals surface area (Å²) in [6, 6.07) is 13.3. The first kappa shape index (κ1) is 12.2. The number of nitrogens with one attached hydrogen (secondary N) is 1. The van der Waals surface area contributed by atoms with Crippen LogP contribution in [0.3, 0.4) is 0 Å². The van der Waals surface area contributed by atoms with Crippen LogP contribution in [0.5, 0.6) is 11.5 Å². The number of nitrogen functional groups attached to an aromatic ring is 1. The highest BCUT2D eigenvalue weighted by Gasteiger charge is 2.02. The highest BCUT2D eigenvalue weighted by Crippen LogP contribution is 2.25. The van der Waals surface area contributed by atoms with Crippen molar-refractivity contribution in [3.05, 3.63) is 59.2 Å². The average Bonchev–Trinajstić information content (AvgIpc) is 2.33. The van der Waals surface area contributed by atoms with Crippen molar-refractivity contribution in [2.24, 2.45) is 5.73 Å². The second-order valence-corrected chi connectivity index (χ2v) is 4.31. The van der Waals surface area contributed by atoms with Gasteiger partial charge >= 0.3 is 0 Å². The molecule has 92 valence electrons. The predicted molar refractivity (Wildman–Crippen MR) is 73.4 cm³/mol. The summed E-state index contributed by atoms with van der Waals surface area (Å²) >= 11 is 0. The summed E-state index contributed by atoms with van der Waals surface area (Å²) in [7, 11) is 0. The maximum atomic E-state index is 7.32. The molecule has 3 N–H and O–H groups in total. The lowest BCUT2D eigenvalue weighted by Crippen LogP contribution is -2.10. The van der Waals surface area contributed by atoms with E-state index in [-0.39, 0.29) is 5.84 Å². The van der Waals surface area contributed by atoms with Crippen molar-refractivity contribution in [1.82, 2.24) is 0 Å². The Kier molecular flexibility index (Phi) is 3.33. The lowest BCUT2D eigenvalue weighted by atomic mass is 10.1. The third-order valence-corrected chi connectivity index (χ3v) is 2.72. The molecular formula is C15H16N2O. The molecule has 0 heterocycles. The molecule has 0 saturated carbocycles. The normalized spacial score (nSPS) is 10.1. The van der Waals surface area contributed by atoms with Crippen LogP contribution in [0, 0.1) is 19.3 Å². The number of aryl methyl sites for hydroxylation is 2. The number of hydrogen-bond donors (Lipinski definition) is 2. The van der Waals surface area contributed by atoms with E-state index in [4.69, 9.17) is 15.9 Å². The Hall–Kier alpha value is -2.29. The third kappa shape index (κ3) is 2.69. The van der Waals surface area contributed by atoms with E-state index >= 15 is 0 Å². The largest absolute Gasteiger partial charge is 0.457 e. The van der Waals surface area contributed by atoms with Crippen LogP contribution < -0.4 is 10.5 Å². The Balaban J connectivity index is 2.21. The molecule has 0 aliphatic heterocycles. The standard InChI is InChI=1S/C15H16N2O/c1-10-3-8-14(11(2)9-10)18-13-6-4-12(5-7-13)15(16)17/h3-9H,1-2H3,(H3,16,17). The van der Waals surface area contributed by atoms with E-state index in [1.165, 1.54) is 5.56 Å². The SMILES string of the molecule is Cc1ccc(Oc2ccc(C(=N)N)cc2)c(C)c1. The minimum atomic E-state index is 0.0630. The Labute approximate surface area is 107 Å². The summed E-state index contributed by atoms with van der Waals surface area (Å²) in [5, 5.41) is 7.32. The van der Waals surface area contributed by atoms with Crippen LogP contribution in [0.1, 0.15) is 16.7 Å². The van der Waals surface area contributed by atoms with Crippen LogP contribution in [-0.4, -0.2) is 5.84 Å². The maximum Gasteiger partial charge on any atom is 0.130 e. The summed E-state index contributed by atoms with van der Waals surface area (Å²) in [6.45, 7) is 4.07. The first-order valence-electron chi connectivity index (χ1n) is 5.76. The monoisotopic (exact) mass is 240 g/mol. The molecule has 3 heteroatoms. The number of benzene rings is 2. The van der Waals surface area contributed by atoms with Gasteiger partial charge in [-0.2, -0.15) is 0 Å². The van der Waals surface area contributed by atoms with Gasteiger partial charge in [0.15, 0.2) is 0 Å². The van der Waals surface area contributed by atoms with E-state index in [9.17, 15) is 0 Å². The van der Waals surface area contributed by atoms with Gasteiger partial charge in [0.25, 0.3) is 0 Å². The number of rotatable bonds is 3. The van der Waals surface area contributed by atoms with Crippen LogP contribution in [0.2, 0.25) is 0 Å². The summed E-state index contributed by atoms with van der Waals surface area (Å²) < 4.78 is 5.79. The molecule has 0 bridgehead atoms. The molecule has 2 aromatic rings. The lowest BCUT2D eigenvalue weighted by Gasteiger charge is -2.09. The van der Waals surface area contributed by atoms with Crippen molar-refractivity contribution in [3.8, 4) is 11.5 Å². The average molecular weight is 240 g/mol. The van der Waals surface area contributed by atoms with Crippen molar-refractivity contribution in [2.75, 3.05) is 0 Å². The van der Waals surface area contributed by atoms with E-state index in [2.05, 4.69) is 13.0 Å². The van der Waals surface area contributed by atoms with Crippen LogP contribution in [0.15, 0.2) is 42.5 Å². The summed E-state index contributed by atoms with van der Waals surface area (Å²) in [6.07, 6.45) is 0. The molecule has 0 amide bonds. The van der Waals surface area contributed by atoms with Gasteiger partial charge in [-0.1, -0.05) is 17.7 Å². The molecule has 0 aliphatic rings. The number of hydrogen-bond acceptors (Lipinski definition) is 2. The Morgan fingerprint density at radius 3 is 2.28 bits per heavy atom. The number of ether oxygens (including phenoxy) is 1. The molecule has 0 saturated heterocycles. The van der Waals surface area contributed by atoms with Gasteiger partial charge in [0.1, 0.15) is 17.3 Å². The zero-order valence-corrected chi connectivity index (χ0v) is 10.5. The maximum absolute atomic E-state index is 7.32. The van der Waals surface area contributed by atoms with E-state index in [1.54, 1.807) is 12.1 Å². The number of nitrogens with two attached hydrogens (primary N) is 1. The molecule has 0 atom stereocenters. The highest BCUT2D eigenvalue weighted by molar-refractivity contribution is 5.94. The minimum Gasteiger partial charge on any atom is -0.457 e. The smallest absolute Gasteiger partial charge is 0.130 e. The quantitative estimate of drug-likeness (QED) is 0.638. The van der Waals surface area contributed by atoms with Gasteiger partial charge in [-0.25, -0.2) is 0 Å². The topological polar surface area (TPSA) is 59.1 Å². The zero-order valence-electron chi connectivity index (χ0n) is 10.5. The van der Waals surface area contributed by atoms with E-state index in [0.717, 1.165) is 17.1 Å². The molecular weight excluding hydrogens is 224 g/mol. The van der Waals surface area contributed by atoms with Crippen molar-refractivity contribution >= 4 is 5.84 Å². The van der Waals surface area contributed by atoms with Crippen molar-refractivity contribution in [3.63, 3.8) is 0 Å². The van der Waals surface area contributed by atoms with Crippen LogP contribution >= 0.6 is 0 Å². The fraction of sp³-hybridized carbons (Fsp3) is 0.133. The van der Waals surface area contributed by atoms with Gasteiger partial charge in [0.2, 0.25) is 0 Å². The molecule has 0 radical (unpaired) electrons. The molecule has 2 aromatic carbocycles. The first-order chi connectivity index (χ1) is 8.56. The second-order valence-electron chi connectivity index (χ2n) is 4.31. The molecule has 2 rings (SSSR count). The molecule has 0 fully saturated rings. The lowest BCUT2D eigenvalue weighted by molar-refractivity contribution is 0.479. The zero-order chi connectivity index (χ0) is 13.1. The molecule has 0 aromatic heterocycles. The van der Waals surface area contributed by atoms with Crippen LogP contribution in [-0.2, 0) is 0 Å². The fourth-order valence-electron chi connectivity index (χ4n) is 1.74.